The minimum absolute atomic E-state index is 0.0823. The second-order valence-electron chi connectivity index (χ2n) is 6.46. The molecule has 1 spiro atoms. The Morgan fingerprint density at radius 1 is 1.45 bits per heavy atom. The van der Waals surface area contributed by atoms with Crippen molar-refractivity contribution in [3.8, 4) is 0 Å². The lowest BCUT2D eigenvalue weighted by molar-refractivity contribution is -0.137. The fourth-order valence-electron chi connectivity index (χ4n) is 3.33. The number of rotatable bonds is 3. The Bertz CT molecular complexity index is 607. The summed E-state index contributed by atoms with van der Waals surface area (Å²) in [7, 11) is 2.08. The van der Waals surface area contributed by atoms with Gasteiger partial charge in [-0.3, -0.25) is 9.59 Å². The molecule has 0 radical (unpaired) electrons. The van der Waals surface area contributed by atoms with Crippen LogP contribution in [0.15, 0.2) is 12.3 Å². The number of amides is 1. The molecule has 1 amide bonds. The highest BCUT2D eigenvalue weighted by Gasteiger charge is 2.44. The molecular formula is C16H21N3O3. The molecule has 1 aromatic heterocycles. The van der Waals surface area contributed by atoms with Crippen LogP contribution in [0, 0.1) is 5.41 Å². The van der Waals surface area contributed by atoms with E-state index < -0.39 is 5.97 Å². The van der Waals surface area contributed by atoms with Gasteiger partial charge in [-0.15, -0.1) is 0 Å². The minimum atomic E-state index is -0.808. The van der Waals surface area contributed by atoms with E-state index in [1.807, 2.05) is 6.07 Å². The summed E-state index contributed by atoms with van der Waals surface area (Å²) in [6.07, 6.45) is 4.65. The summed E-state index contributed by atoms with van der Waals surface area (Å²) < 4.78 is 0. The van der Waals surface area contributed by atoms with Crippen LogP contribution in [0.2, 0.25) is 0 Å². The van der Waals surface area contributed by atoms with Gasteiger partial charge in [0, 0.05) is 12.6 Å². The molecule has 6 nitrogen and oxygen atoms in total. The number of likely N-dealkylation sites (tertiary alicyclic amines) is 1. The first-order valence-electron chi connectivity index (χ1n) is 7.68. The van der Waals surface area contributed by atoms with Crippen molar-refractivity contribution in [3.05, 3.63) is 23.4 Å². The van der Waals surface area contributed by atoms with Gasteiger partial charge in [0.25, 0.3) is 0 Å². The van der Waals surface area contributed by atoms with Crippen molar-refractivity contribution >= 4 is 17.7 Å². The maximum absolute atomic E-state index is 12.5. The Hall–Kier alpha value is -1.95. The quantitative estimate of drug-likeness (QED) is 0.879. The Balaban J connectivity index is 1.81. The number of aryl methyl sites for hydroxylation is 1. The number of hydrogen-bond donors (Lipinski definition) is 2. The number of pyridine rings is 1. The van der Waals surface area contributed by atoms with Crippen molar-refractivity contribution in [2.45, 2.75) is 32.1 Å². The van der Waals surface area contributed by atoms with Crippen LogP contribution < -0.4 is 5.32 Å². The number of aliphatic carboxylic acids is 1. The number of piperidine rings is 1. The van der Waals surface area contributed by atoms with E-state index in [4.69, 9.17) is 5.11 Å². The average molecular weight is 303 g/mol. The number of carbonyl (C=O) groups excluding carboxylic acids is 1. The Kier molecular flexibility index (Phi) is 3.87. The van der Waals surface area contributed by atoms with Gasteiger partial charge in [0.05, 0.1) is 5.41 Å². The third-order valence-electron chi connectivity index (χ3n) is 4.84. The SMILES string of the molecule is CN1CCC2(CC1)Cc1cc(CCC(=O)O)cnc1NC2=O. The number of nitrogens with zero attached hydrogens (tertiary/aromatic N) is 2. The number of carboxylic acids is 1. The van der Waals surface area contributed by atoms with E-state index in [1.54, 1.807) is 6.20 Å². The Labute approximate surface area is 129 Å². The molecule has 0 atom stereocenters. The van der Waals surface area contributed by atoms with Crippen molar-refractivity contribution in [2.75, 3.05) is 25.5 Å². The van der Waals surface area contributed by atoms with Crippen molar-refractivity contribution in [2.24, 2.45) is 5.41 Å². The molecule has 22 heavy (non-hydrogen) atoms. The summed E-state index contributed by atoms with van der Waals surface area (Å²) in [5, 5.41) is 11.7. The predicted octanol–water partition coefficient (Wildman–Crippen LogP) is 1.31. The molecule has 118 valence electrons. The summed E-state index contributed by atoms with van der Waals surface area (Å²) in [4.78, 5) is 29.7. The maximum Gasteiger partial charge on any atom is 0.303 e. The van der Waals surface area contributed by atoms with Gasteiger partial charge in [-0.1, -0.05) is 6.07 Å². The van der Waals surface area contributed by atoms with Crippen LogP contribution >= 0.6 is 0 Å². The van der Waals surface area contributed by atoms with Crippen LogP contribution in [0.5, 0.6) is 0 Å². The van der Waals surface area contributed by atoms with E-state index in [1.165, 1.54) is 0 Å². The number of hydrogen-bond acceptors (Lipinski definition) is 4. The Morgan fingerprint density at radius 2 is 2.18 bits per heavy atom. The second-order valence-corrected chi connectivity index (χ2v) is 6.46. The lowest BCUT2D eigenvalue weighted by Gasteiger charge is -2.42. The Morgan fingerprint density at radius 3 is 2.86 bits per heavy atom. The van der Waals surface area contributed by atoms with Gasteiger partial charge >= 0.3 is 5.97 Å². The number of anilines is 1. The lowest BCUT2D eigenvalue weighted by Crippen LogP contribution is -2.49. The largest absolute Gasteiger partial charge is 0.481 e. The van der Waals surface area contributed by atoms with Gasteiger partial charge in [0.15, 0.2) is 0 Å². The fourth-order valence-corrected chi connectivity index (χ4v) is 3.33. The summed E-state index contributed by atoms with van der Waals surface area (Å²) >= 11 is 0. The van der Waals surface area contributed by atoms with Crippen LogP contribution in [0.4, 0.5) is 5.82 Å². The van der Waals surface area contributed by atoms with Crippen molar-refractivity contribution < 1.29 is 14.7 Å². The number of fused-ring (bicyclic) bond motifs is 1. The van der Waals surface area contributed by atoms with Gasteiger partial charge in [-0.25, -0.2) is 4.98 Å². The predicted molar refractivity (Wildman–Crippen MR) is 81.7 cm³/mol. The minimum Gasteiger partial charge on any atom is -0.481 e. The van der Waals surface area contributed by atoms with Gasteiger partial charge in [0.2, 0.25) is 5.91 Å². The molecule has 6 heteroatoms. The third-order valence-corrected chi connectivity index (χ3v) is 4.84. The first-order valence-corrected chi connectivity index (χ1v) is 7.68. The zero-order valence-corrected chi connectivity index (χ0v) is 12.8. The highest BCUT2D eigenvalue weighted by atomic mass is 16.4. The maximum atomic E-state index is 12.5. The molecule has 0 aromatic carbocycles. The molecule has 0 bridgehead atoms. The van der Waals surface area contributed by atoms with E-state index in [0.717, 1.165) is 37.1 Å². The number of nitrogens with one attached hydrogen (secondary N) is 1. The highest BCUT2D eigenvalue weighted by molar-refractivity contribution is 5.97. The van der Waals surface area contributed by atoms with Crippen LogP contribution in [-0.4, -0.2) is 47.0 Å². The molecule has 0 aliphatic carbocycles. The molecule has 3 heterocycles. The third kappa shape index (κ3) is 2.83. The zero-order chi connectivity index (χ0) is 15.7. The van der Waals surface area contributed by atoms with E-state index in [2.05, 4.69) is 22.2 Å². The van der Waals surface area contributed by atoms with Crippen molar-refractivity contribution in [3.63, 3.8) is 0 Å². The van der Waals surface area contributed by atoms with E-state index in [0.29, 0.717) is 18.7 Å². The molecule has 1 saturated heterocycles. The topological polar surface area (TPSA) is 82.5 Å². The van der Waals surface area contributed by atoms with E-state index >= 15 is 0 Å². The van der Waals surface area contributed by atoms with Crippen molar-refractivity contribution in [1.29, 1.82) is 0 Å². The number of aromatic nitrogens is 1. The van der Waals surface area contributed by atoms with Crippen LogP contribution in [0.25, 0.3) is 0 Å². The number of carboxylic acid groups (broad SMARTS) is 1. The molecule has 2 N–H and O–H groups in total. The van der Waals surface area contributed by atoms with Crippen LogP contribution in [0.3, 0.4) is 0 Å². The van der Waals surface area contributed by atoms with Gasteiger partial charge in [0.1, 0.15) is 5.82 Å². The summed E-state index contributed by atoms with van der Waals surface area (Å²) in [5.74, 6) is -0.0923. The molecule has 2 aliphatic heterocycles. The summed E-state index contributed by atoms with van der Waals surface area (Å²) in [6.45, 7) is 1.85. The van der Waals surface area contributed by atoms with Gasteiger partial charge in [-0.2, -0.15) is 0 Å². The zero-order valence-electron chi connectivity index (χ0n) is 12.8. The van der Waals surface area contributed by atoms with Crippen LogP contribution in [-0.2, 0) is 22.4 Å². The molecule has 0 unspecified atom stereocenters. The summed E-state index contributed by atoms with van der Waals surface area (Å²) in [6, 6.07) is 2.00. The molecule has 1 aromatic rings. The summed E-state index contributed by atoms with van der Waals surface area (Å²) in [5.41, 5.74) is 1.62. The molecule has 0 saturated carbocycles. The normalized spacial score (nSPS) is 20.5. The monoisotopic (exact) mass is 303 g/mol. The molecule has 1 fully saturated rings. The number of carbonyl (C=O) groups is 2. The van der Waals surface area contributed by atoms with Crippen LogP contribution in [0.1, 0.15) is 30.4 Å². The van der Waals surface area contributed by atoms with Crippen molar-refractivity contribution in [1.82, 2.24) is 9.88 Å². The smallest absolute Gasteiger partial charge is 0.303 e. The first-order chi connectivity index (χ1) is 10.5. The first kappa shape index (κ1) is 15.0. The second kappa shape index (κ2) is 5.68. The van der Waals surface area contributed by atoms with Gasteiger partial charge in [-0.05, 0) is 56.9 Å². The van der Waals surface area contributed by atoms with E-state index in [9.17, 15) is 9.59 Å². The highest BCUT2D eigenvalue weighted by Crippen LogP contribution is 2.40. The molecular weight excluding hydrogens is 282 g/mol. The average Bonchev–Trinajstić information content (AvgIpc) is 2.49. The standard InChI is InChI=1S/C16H21N3O3/c1-19-6-4-16(5-7-19)9-12-8-11(2-3-13(20)21)10-17-14(12)18-15(16)22/h8,10H,2-7,9H2,1H3,(H,20,21)(H,17,18,22). The van der Waals surface area contributed by atoms with E-state index in [-0.39, 0.29) is 17.7 Å². The van der Waals surface area contributed by atoms with Gasteiger partial charge < -0.3 is 15.3 Å². The lowest BCUT2D eigenvalue weighted by atomic mass is 9.71. The fraction of sp³-hybridized carbons (Fsp3) is 0.562. The molecule has 2 aliphatic rings. The molecule has 3 rings (SSSR count).